The molecule has 0 atom stereocenters. The Balaban J connectivity index is 0.960. The highest BCUT2D eigenvalue weighted by molar-refractivity contribution is 9.10. The molecule has 1 N–H and O–H groups in total. The molecule has 1 heterocycles. The van der Waals surface area contributed by atoms with E-state index in [1.807, 2.05) is 48.5 Å². The number of benzene rings is 2. The maximum absolute atomic E-state index is 15.3. The van der Waals surface area contributed by atoms with Gasteiger partial charge in [0.15, 0.2) is 0 Å². The number of hydrogen-bond donors (Lipinski definition) is 1. The number of carbonyl (C=O) groups is 2. The Morgan fingerprint density at radius 1 is 0.833 bits per heavy atom. The number of halogens is 4. The van der Waals surface area contributed by atoms with Crippen LogP contribution < -0.4 is 10.1 Å². The van der Waals surface area contributed by atoms with Crippen molar-refractivity contribution in [1.82, 2.24) is 15.1 Å². The predicted molar refractivity (Wildman–Crippen MR) is 156 cm³/mol. The number of nitrogens with one attached hydrogen (secondary N) is 1. The molecule has 0 unspecified atom stereocenters. The summed E-state index contributed by atoms with van der Waals surface area (Å²) < 4.78 is 52.9. The summed E-state index contributed by atoms with van der Waals surface area (Å²) in [7, 11) is 0. The third-order valence-electron chi connectivity index (χ3n) is 9.35. The quantitative estimate of drug-likeness (QED) is 0.381. The van der Waals surface area contributed by atoms with Gasteiger partial charge in [-0.05, 0) is 48.4 Å². The predicted octanol–water partition coefficient (Wildman–Crippen LogP) is 5.67. The standard InChI is InChI=1S/C32H37BrF3N3O3/c33-25-7-5-23(6-8-25)16-42-26-4-2-1-3-24(26)15-38-9-11-39(12-10-38)28(41)14-37-27(40)13-29-17-30(34)20-31(35,18-29)22-32(36,19-29)21-30/h1-8H,9-22H2,(H,37,40). The molecule has 5 aliphatic rings. The van der Waals surface area contributed by atoms with Gasteiger partial charge in [0.2, 0.25) is 11.8 Å². The zero-order chi connectivity index (χ0) is 29.6. The van der Waals surface area contributed by atoms with Crippen LogP contribution in [0.1, 0.15) is 56.1 Å². The van der Waals surface area contributed by atoms with Gasteiger partial charge in [-0.25, -0.2) is 13.2 Å². The summed E-state index contributed by atoms with van der Waals surface area (Å²) in [6, 6.07) is 16.0. The van der Waals surface area contributed by atoms with E-state index in [1.165, 1.54) is 0 Å². The van der Waals surface area contributed by atoms with Crippen LogP contribution >= 0.6 is 15.9 Å². The van der Waals surface area contributed by atoms with E-state index in [9.17, 15) is 9.59 Å². The highest BCUT2D eigenvalue weighted by atomic mass is 79.9. The van der Waals surface area contributed by atoms with E-state index in [0.717, 1.165) is 21.3 Å². The molecule has 2 aromatic carbocycles. The molecule has 2 amide bonds. The normalized spacial score (nSPS) is 32.1. The van der Waals surface area contributed by atoms with E-state index in [0.29, 0.717) is 39.3 Å². The number of piperazine rings is 1. The van der Waals surface area contributed by atoms with E-state index >= 15 is 13.2 Å². The Kier molecular flexibility index (Phi) is 7.83. The first-order valence-corrected chi connectivity index (χ1v) is 15.5. The van der Waals surface area contributed by atoms with Crippen LogP contribution in [0.5, 0.6) is 5.75 Å². The largest absolute Gasteiger partial charge is 0.489 e. The van der Waals surface area contributed by atoms with Crippen molar-refractivity contribution in [3.8, 4) is 5.75 Å². The van der Waals surface area contributed by atoms with Crippen molar-refractivity contribution in [2.75, 3.05) is 32.7 Å². The van der Waals surface area contributed by atoms with Gasteiger partial charge >= 0.3 is 0 Å². The second-order valence-electron chi connectivity index (χ2n) is 13.1. The summed E-state index contributed by atoms with van der Waals surface area (Å²) in [4.78, 5) is 29.7. The number of alkyl halides is 3. The monoisotopic (exact) mass is 647 g/mol. The fraction of sp³-hybridized carbons (Fsp3) is 0.562. The number of carbonyl (C=O) groups excluding carboxylic acids is 2. The Hall–Kier alpha value is -2.59. The third kappa shape index (κ3) is 6.49. The summed E-state index contributed by atoms with van der Waals surface area (Å²) >= 11 is 3.45. The summed E-state index contributed by atoms with van der Waals surface area (Å²) in [5, 5.41) is 2.65. The van der Waals surface area contributed by atoms with E-state index in [1.54, 1.807) is 4.90 Å². The van der Waals surface area contributed by atoms with Gasteiger partial charge < -0.3 is 15.0 Å². The van der Waals surface area contributed by atoms with Gasteiger partial charge in [-0.3, -0.25) is 14.5 Å². The number of nitrogens with zero attached hydrogens (tertiary/aromatic N) is 2. The van der Waals surface area contributed by atoms with Gasteiger partial charge in [-0.15, -0.1) is 0 Å². The first-order chi connectivity index (χ1) is 19.9. The first kappa shape index (κ1) is 29.5. The molecule has 2 aromatic rings. The van der Waals surface area contributed by atoms with Crippen molar-refractivity contribution in [2.45, 2.75) is 75.1 Å². The molecular weight excluding hydrogens is 611 g/mol. The van der Waals surface area contributed by atoms with Crippen LogP contribution in [-0.2, 0) is 22.7 Å². The van der Waals surface area contributed by atoms with Gasteiger partial charge in [-0.2, -0.15) is 0 Å². The van der Waals surface area contributed by atoms with E-state index in [4.69, 9.17) is 4.74 Å². The third-order valence-corrected chi connectivity index (χ3v) is 9.88. The van der Waals surface area contributed by atoms with Gasteiger partial charge in [-0.1, -0.05) is 46.3 Å². The van der Waals surface area contributed by atoms with Crippen molar-refractivity contribution in [3.05, 3.63) is 64.1 Å². The smallest absolute Gasteiger partial charge is 0.242 e. The number of ether oxygens (including phenoxy) is 1. The molecule has 42 heavy (non-hydrogen) atoms. The molecule has 0 radical (unpaired) electrons. The van der Waals surface area contributed by atoms with E-state index in [2.05, 4.69) is 26.1 Å². The van der Waals surface area contributed by atoms with Crippen molar-refractivity contribution >= 4 is 27.7 Å². The minimum absolute atomic E-state index is 0.0130. The highest BCUT2D eigenvalue weighted by Gasteiger charge is 2.70. The summed E-state index contributed by atoms with van der Waals surface area (Å²) in [6.07, 6.45) is -0.935. The first-order valence-electron chi connectivity index (χ1n) is 14.7. The lowest BCUT2D eigenvalue weighted by molar-refractivity contribution is -0.217. The van der Waals surface area contributed by atoms with Crippen LogP contribution in [0.15, 0.2) is 53.0 Å². The average Bonchev–Trinajstić information content (AvgIpc) is 2.89. The number of rotatable bonds is 9. The molecule has 1 aliphatic heterocycles. The Labute approximate surface area is 253 Å². The van der Waals surface area contributed by atoms with Gasteiger partial charge in [0.25, 0.3) is 0 Å². The van der Waals surface area contributed by atoms with Gasteiger partial charge in [0.05, 0.1) is 6.54 Å². The van der Waals surface area contributed by atoms with Crippen molar-refractivity contribution in [3.63, 3.8) is 0 Å². The minimum atomic E-state index is -1.89. The summed E-state index contributed by atoms with van der Waals surface area (Å²) in [5.41, 5.74) is -4.54. The molecule has 0 aromatic heterocycles. The molecule has 226 valence electrons. The topological polar surface area (TPSA) is 61.9 Å². The minimum Gasteiger partial charge on any atom is -0.489 e. The summed E-state index contributed by atoms with van der Waals surface area (Å²) in [5.74, 6) is 0.189. The van der Waals surface area contributed by atoms with Crippen molar-refractivity contribution in [1.29, 1.82) is 0 Å². The second kappa shape index (κ2) is 11.2. The van der Waals surface area contributed by atoms with Crippen molar-refractivity contribution in [2.24, 2.45) is 5.41 Å². The number of para-hydroxylation sites is 1. The Morgan fingerprint density at radius 2 is 1.43 bits per heavy atom. The van der Waals surface area contributed by atoms with Crippen LogP contribution in [0.3, 0.4) is 0 Å². The zero-order valence-electron chi connectivity index (χ0n) is 23.6. The van der Waals surface area contributed by atoms with Crippen LogP contribution in [0.25, 0.3) is 0 Å². The van der Waals surface area contributed by atoms with Gasteiger partial charge in [0.1, 0.15) is 29.4 Å². The average molecular weight is 649 g/mol. The molecule has 1 saturated heterocycles. The molecule has 4 saturated carbocycles. The molecular formula is C32H37BrF3N3O3. The SMILES string of the molecule is O=C(CC12CC3(F)CC(F)(CC(F)(C3)C1)C2)NCC(=O)N1CCN(Cc2ccccc2OCc2ccc(Br)cc2)CC1. The highest BCUT2D eigenvalue weighted by Crippen LogP contribution is 2.69. The van der Waals surface area contributed by atoms with Crippen molar-refractivity contribution < 1.29 is 27.5 Å². The van der Waals surface area contributed by atoms with Gasteiger partial charge in [0, 0.05) is 68.4 Å². The molecule has 6 nitrogen and oxygen atoms in total. The van der Waals surface area contributed by atoms with Crippen LogP contribution in [0.2, 0.25) is 0 Å². The number of hydrogen-bond acceptors (Lipinski definition) is 4. The fourth-order valence-corrected chi connectivity index (χ4v) is 8.52. The van der Waals surface area contributed by atoms with E-state index in [-0.39, 0.29) is 57.4 Å². The Morgan fingerprint density at radius 3 is 2.05 bits per heavy atom. The maximum atomic E-state index is 15.3. The van der Waals surface area contributed by atoms with Crippen LogP contribution in [0, 0.1) is 5.41 Å². The lowest BCUT2D eigenvalue weighted by Crippen LogP contribution is -2.66. The van der Waals surface area contributed by atoms with Crippen LogP contribution in [0.4, 0.5) is 13.2 Å². The molecule has 5 fully saturated rings. The molecule has 4 aliphatic carbocycles. The van der Waals surface area contributed by atoms with Crippen LogP contribution in [-0.4, -0.2) is 71.3 Å². The lowest BCUT2D eigenvalue weighted by atomic mass is 9.45. The fourth-order valence-electron chi connectivity index (χ4n) is 8.26. The number of amides is 2. The molecule has 10 heteroatoms. The zero-order valence-corrected chi connectivity index (χ0v) is 25.2. The van der Waals surface area contributed by atoms with E-state index < -0.39 is 28.3 Å². The second-order valence-corrected chi connectivity index (χ2v) is 14.1. The lowest BCUT2D eigenvalue weighted by Gasteiger charge is -2.63. The maximum Gasteiger partial charge on any atom is 0.242 e. The molecule has 7 rings (SSSR count). The molecule has 0 spiro atoms. The Bertz CT molecular complexity index is 1280. The molecule has 4 bridgehead atoms. The summed E-state index contributed by atoms with van der Waals surface area (Å²) in [6.45, 7) is 3.40.